The zero-order valence-electron chi connectivity index (χ0n) is 11.4. The fraction of sp³-hybridized carbons (Fsp3) is 0.429. The number of anilines is 1. The van der Waals surface area contributed by atoms with E-state index < -0.39 is 18.0 Å². The lowest BCUT2D eigenvalue weighted by Gasteiger charge is -2.13. The molecule has 1 atom stereocenters. The summed E-state index contributed by atoms with van der Waals surface area (Å²) in [7, 11) is 0. The maximum atomic E-state index is 11.5. The van der Waals surface area contributed by atoms with Gasteiger partial charge in [-0.25, -0.2) is 4.79 Å². The second-order valence-electron chi connectivity index (χ2n) is 4.28. The van der Waals surface area contributed by atoms with E-state index in [0.717, 1.165) is 0 Å². The highest BCUT2D eigenvalue weighted by Gasteiger charge is 2.20. The quantitative estimate of drug-likeness (QED) is 0.557. The molecule has 110 valence electrons. The Kier molecular flexibility index (Phi) is 6.36. The van der Waals surface area contributed by atoms with Gasteiger partial charge in [-0.2, -0.15) is 0 Å². The Hall–Kier alpha value is -2.24. The number of rotatable bonds is 8. The number of hydrogen-bond donors (Lipinski definition) is 2. The Balaban J connectivity index is 2.34. The molecule has 6 heteroatoms. The van der Waals surface area contributed by atoms with Gasteiger partial charge >= 0.3 is 11.9 Å². The summed E-state index contributed by atoms with van der Waals surface area (Å²) in [5.41, 5.74) is 6.15. The number of carboxylic acid groups (broad SMARTS) is 1. The molecule has 3 N–H and O–H groups in total. The first kappa shape index (κ1) is 15.8. The lowest BCUT2D eigenvalue weighted by Crippen LogP contribution is -2.27. The number of carbonyl (C=O) groups excluding carboxylic acids is 1. The molecular formula is C14H19NO5. The minimum Gasteiger partial charge on any atom is -0.493 e. The summed E-state index contributed by atoms with van der Waals surface area (Å²) in [6, 6.07) is 6.83. The molecule has 0 spiro atoms. The van der Waals surface area contributed by atoms with E-state index in [4.69, 9.17) is 20.3 Å². The molecule has 1 rings (SSSR count). The summed E-state index contributed by atoms with van der Waals surface area (Å²) < 4.78 is 10.2. The highest BCUT2D eigenvalue weighted by molar-refractivity contribution is 5.77. The Morgan fingerprint density at radius 2 is 2.15 bits per heavy atom. The van der Waals surface area contributed by atoms with Gasteiger partial charge in [-0.15, -0.1) is 0 Å². The molecule has 0 saturated carbocycles. The van der Waals surface area contributed by atoms with Gasteiger partial charge in [0.05, 0.1) is 13.0 Å². The summed E-state index contributed by atoms with van der Waals surface area (Å²) in [5.74, 6) is -1.16. The van der Waals surface area contributed by atoms with Crippen LogP contribution in [0.1, 0.15) is 26.2 Å². The molecule has 0 radical (unpaired) electrons. The van der Waals surface area contributed by atoms with Crippen LogP contribution in [0.3, 0.4) is 0 Å². The molecule has 0 aliphatic heterocycles. The maximum Gasteiger partial charge on any atom is 0.345 e. The van der Waals surface area contributed by atoms with E-state index in [0.29, 0.717) is 24.3 Å². The normalized spacial score (nSPS) is 11.7. The second-order valence-corrected chi connectivity index (χ2v) is 4.28. The number of benzene rings is 1. The van der Waals surface area contributed by atoms with E-state index in [9.17, 15) is 9.59 Å². The van der Waals surface area contributed by atoms with Gasteiger partial charge in [0.1, 0.15) is 5.75 Å². The van der Waals surface area contributed by atoms with Crippen molar-refractivity contribution in [2.24, 2.45) is 0 Å². The molecule has 0 amide bonds. The van der Waals surface area contributed by atoms with Crippen molar-refractivity contribution in [1.82, 2.24) is 0 Å². The maximum absolute atomic E-state index is 11.5. The molecule has 0 fully saturated rings. The van der Waals surface area contributed by atoms with Gasteiger partial charge in [0, 0.05) is 11.8 Å². The lowest BCUT2D eigenvalue weighted by atomic mass is 10.2. The summed E-state index contributed by atoms with van der Waals surface area (Å²) in [6.45, 7) is 1.94. The van der Waals surface area contributed by atoms with Crippen LogP contribution in [0.2, 0.25) is 0 Å². The van der Waals surface area contributed by atoms with E-state index in [1.54, 1.807) is 24.3 Å². The van der Waals surface area contributed by atoms with Crippen LogP contribution in [0.5, 0.6) is 5.75 Å². The molecule has 20 heavy (non-hydrogen) atoms. The van der Waals surface area contributed by atoms with E-state index in [2.05, 4.69) is 0 Å². The van der Waals surface area contributed by atoms with Crippen LogP contribution >= 0.6 is 0 Å². The molecule has 0 heterocycles. The van der Waals surface area contributed by atoms with E-state index in [1.807, 2.05) is 6.92 Å². The Labute approximate surface area is 117 Å². The smallest absolute Gasteiger partial charge is 0.345 e. The van der Waals surface area contributed by atoms with Crippen molar-refractivity contribution >= 4 is 17.6 Å². The number of hydrogen-bond acceptors (Lipinski definition) is 5. The van der Waals surface area contributed by atoms with Gasteiger partial charge in [-0.05, 0) is 18.6 Å². The van der Waals surface area contributed by atoms with Gasteiger partial charge in [-0.3, -0.25) is 4.79 Å². The molecule has 1 unspecified atom stereocenters. The topological polar surface area (TPSA) is 98.9 Å². The zero-order valence-corrected chi connectivity index (χ0v) is 11.4. The first-order valence-electron chi connectivity index (χ1n) is 6.43. The van der Waals surface area contributed by atoms with Gasteiger partial charge in [0.2, 0.25) is 0 Å². The number of aliphatic carboxylic acids is 1. The highest BCUT2D eigenvalue weighted by Crippen LogP contribution is 2.14. The van der Waals surface area contributed by atoms with Crippen molar-refractivity contribution in [3.05, 3.63) is 24.3 Å². The molecule has 0 bridgehead atoms. The van der Waals surface area contributed by atoms with Gasteiger partial charge in [0.15, 0.2) is 6.10 Å². The fourth-order valence-corrected chi connectivity index (χ4v) is 1.57. The molecule has 1 aromatic carbocycles. The van der Waals surface area contributed by atoms with Crippen LogP contribution in [0.25, 0.3) is 0 Å². The Morgan fingerprint density at radius 1 is 1.40 bits per heavy atom. The summed E-state index contributed by atoms with van der Waals surface area (Å²) in [5, 5.41) is 8.86. The molecule has 0 aliphatic carbocycles. The lowest BCUT2D eigenvalue weighted by molar-refractivity contribution is -0.164. The average Bonchev–Trinajstić information content (AvgIpc) is 2.38. The van der Waals surface area contributed by atoms with Crippen molar-refractivity contribution in [2.75, 3.05) is 12.3 Å². The van der Waals surface area contributed by atoms with E-state index >= 15 is 0 Å². The minimum absolute atomic E-state index is 0.0116. The first-order valence-corrected chi connectivity index (χ1v) is 6.43. The highest BCUT2D eigenvalue weighted by atomic mass is 16.6. The molecule has 0 aromatic heterocycles. The van der Waals surface area contributed by atoms with Crippen molar-refractivity contribution < 1.29 is 24.2 Å². The summed E-state index contributed by atoms with van der Waals surface area (Å²) in [4.78, 5) is 22.3. The van der Waals surface area contributed by atoms with Crippen molar-refractivity contribution in [3.8, 4) is 5.75 Å². The molecule has 6 nitrogen and oxygen atoms in total. The Bertz CT molecular complexity index is 461. The van der Waals surface area contributed by atoms with E-state index in [1.165, 1.54) is 0 Å². The van der Waals surface area contributed by atoms with Crippen LogP contribution in [0, 0.1) is 0 Å². The second kappa shape index (κ2) is 8.04. The van der Waals surface area contributed by atoms with Crippen molar-refractivity contribution in [1.29, 1.82) is 0 Å². The van der Waals surface area contributed by atoms with Crippen LogP contribution < -0.4 is 10.5 Å². The van der Waals surface area contributed by atoms with Gasteiger partial charge in [-0.1, -0.05) is 19.4 Å². The third-order valence-corrected chi connectivity index (χ3v) is 2.53. The fourth-order valence-electron chi connectivity index (χ4n) is 1.57. The van der Waals surface area contributed by atoms with Crippen LogP contribution in [0.4, 0.5) is 5.69 Å². The largest absolute Gasteiger partial charge is 0.493 e. The third-order valence-electron chi connectivity index (χ3n) is 2.53. The monoisotopic (exact) mass is 281 g/mol. The van der Waals surface area contributed by atoms with Crippen molar-refractivity contribution in [3.63, 3.8) is 0 Å². The van der Waals surface area contributed by atoms with Crippen LogP contribution in [-0.2, 0) is 14.3 Å². The number of nitrogen functional groups attached to an aromatic ring is 1. The number of carboxylic acids is 1. The summed E-state index contributed by atoms with van der Waals surface area (Å²) in [6.07, 6.45) is -0.163. The zero-order chi connectivity index (χ0) is 15.0. The van der Waals surface area contributed by atoms with E-state index in [-0.39, 0.29) is 13.0 Å². The SMILES string of the molecule is CCCC(OC(=O)CCOc1cccc(N)c1)C(=O)O. The van der Waals surface area contributed by atoms with Crippen LogP contribution in [0.15, 0.2) is 24.3 Å². The predicted molar refractivity (Wildman–Crippen MR) is 73.4 cm³/mol. The number of nitrogens with two attached hydrogens (primary N) is 1. The number of esters is 1. The standard InChI is InChI=1S/C14H19NO5/c1-2-4-12(14(17)18)20-13(16)7-8-19-11-6-3-5-10(15)9-11/h3,5-6,9,12H,2,4,7-8,15H2,1H3,(H,17,18). The minimum atomic E-state index is -1.13. The van der Waals surface area contributed by atoms with Crippen molar-refractivity contribution in [2.45, 2.75) is 32.3 Å². The first-order chi connectivity index (χ1) is 9.52. The van der Waals surface area contributed by atoms with Gasteiger partial charge < -0.3 is 20.3 Å². The Morgan fingerprint density at radius 3 is 2.75 bits per heavy atom. The number of ether oxygens (including phenoxy) is 2. The number of carbonyl (C=O) groups is 2. The van der Waals surface area contributed by atoms with Gasteiger partial charge in [0.25, 0.3) is 0 Å². The predicted octanol–water partition coefficient (Wildman–Crippen LogP) is 1.83. The average molecular weight is 281 g/mol. The summed E-state index contributed by atoms with van der Waals surface area (Å²) >= 11 is 0. The molecule has 0 aliphatic rings. The van der Waals surface area contributed by atoms with Crippen LogP contribution in [-0.4, -0.2) is 29.8 Å². The third kappa shape index (κ3) is 5.60. The molecule has 1 aromatic rings. The molecule has 0 saturated heterocycles. The molecular weight excluding hydrogens is 262 g/mol.